The SMILES string of the molecule is Cn1c(=O)c(C(=O)C[NH+]2CCN(c3ccccc3)CC2)c(N)n(Cc2ccccc2)c1=O. The standard InChI is InChI=1S/C24H27N5O3/c1-26-23(31)21(22(25)29(24(26)32)16-18-8-4-2-5-9-18)20(30)17-27-12-14-28(15-13-27)19-10-6-3-7-11-19/h2-11H,12-17,25H2,1H3/p+1. The fraction of sp³-hybridized carbons (Fsp3) is 0.292. The summed E-state index contributed by atoms with van der Waals surface area (Å²) in [7, 11) is 1.38. The van der Waals surface area contributed by atoms with Gasteiger partial charge in [-0.2, -0.15) is 0 Å². The van der Waals surface area contributed by atoms with Crippen LogP contribution < -0.4 is 26.8 Å². The lowest BCUT2D eigenvalue weighted by molar-refractivity contribution is -0.892. The van der Waals surface area contributed by atoms with Gasteiger partial charge in [0.15, 0.2) is 0 Å². The Labute approximate surface area is 186 Å². The van der Waals surface area contributed by atoms with Crippen LogP contribution in [0.25, 0.3) is 0 Å². The zero-order valence-corrected chi connectivity index (χ0v) is 18.2. The van der Waals surface area contributed by atoms with Crippen molar-refractivity contribution in [1.82, 2.24) is 9.13 Å². The number of hydrogen-bond acceptors (Lipinski definition) is 5. The molecule has 32 heavy (non-hydrogen) atoms. The maximum absolute atomic E-state index is 13.1. The molecule has 3 aromatic rings. The van der Waals surface area contributed by atoms with Crippen LogP contribution in [0.3, 0.4) is 0 Å². The summed E-state index contributed by atoms with van der Waals surface area (Å²) in [5.41, 5.74) is 6.99. The van der Waals surface area contributed by atoms with Crippen molar-refractivity contribution in [2.24, 2.45) is 7.05 Å². The summed E-state index contributed by atoms with van der Waals surface area (Å²) >= 11 is 0. The second-order valence-corrected chi connectivity index (χ2v) is 8.15. The number of carbonyl (C=O) groups is 1. The first-order valence-electron chi connectivity index (χ1n) is 10.8. The highest BCUT2D eigenvalue weighted by atomic mass is 16.2. The molecule has 0 amide bonds. The highest BCUT2D eigenvalue weighted by Gasteiger charge is 2.27. The molecule has 0 bridgehead atoms. The number of hydrogen-bond donors (Lipinski definition) is 2. The maximum Gasteiger partial charge on any atom is 0.332 e. The third-order valence-corrected chi connectivity index (χ3v) is 6.05. The molecule has 0 spiro atoms. The molecule has 166 valence electrons. The van der Waals surface area contributed by atoms with E-state index in [-0.39, 0.29) is 30.3 Å². The highest BCUT2D eigenvalue weighted by molar-refractivity contribution is 6.00. The van der Waals surface area contributed by atoms with Gasteiger partial charge in [-0.1, -0.05) is 48.5 Å². The molecule has 4 rings (SSSR count). The lowest BCUT2D eigenvalue weighted by Gasteiger charge is -2.33. The molecule has 1 saturated heterocycles. The summed E-state index contributed by atoms with van der Waals surface area (Å²) in [6.45, 7) is 3.59. The molecule has 0 saturated carbocycles. The maximum atomic E-state index is 13.1. The average molecular weight is 435 g/mol. The fourth-order valence-corrected chi connectivity index (χ4v) is 4.18. The Balaban J connectivity index is 1.52. The van der Waals surface area contributed by atoms with E-state index in [0.717, 1.165) is 41.2 Å². The van der Waals surface area contributed by atoms with Crippen molar-refractivity contribution < 1.29 is 9.69 Å². The number of benzene rings is 2. The van der Waals surface area contributed by atoms with Crippen LogP contribution in [-0.2, 0) is 13.6 Å². The van der Waals surface area contributed by atoms with Crippen LogP contribution in [0.4, 0.5) is 11.5 Å². The lowest BCUT2D eigenvalue weighted by atomic mass is 10.1. The average Bonchev–Trinajstić information content (AvgIpc) is 2.82. The second-order valence-electron chi connectivity index (χ2n) is 8.15. The van der Waals surface area contributed by atoms with E-state index in [2.05, 4.69) is 17.0 Å². The van der Waals surface area contributed by atoms with Crippen LogP contribution in [0.5, 0.6) is 0 Å². The molecule has 2 aromatic carbocycles. The van der Waals surface area contributed by atoms with Crippen molar-refractivity contribution >= 4 is 17.3 Å². The molecule has 1 fully saturated rings. The second kappa shape index (κ2) is 9.23. The number of piperazine rings is 1. The number of aromatic nitrogens is 2. The normalized spacial score (nSPS) is 14.5. The van der Waals surface area contributed by atoms with Gasteiger partial charge in [-0.25, -0.2) is 4.79 Å². The summed E-state index contributed by atoms with van der Waals surface area (Å²) in [5, 5.41) is 0. The first-order valence-corrected chi connectivity index (χ1v) is 10.8. The minimum atomic E-state index is -0.635. The molecular formula is C24H28N5O3+. The lowest BCUT2D eigenvalue weighted by Crippen LogP contribution is -3.15. The molecule has 8 nitrogen and oxygen atoms in total. The third-order valence-electron chi connectivity index (χ3n) is 6.05. The molecule has 1 aromatic heterocycles. The number of anilines is 2. The summed E-state index contributed by atoms with van der Waals surface area (Å²) in [6, 6.07) is 19.5. The molecule has 0 unspecified atom stereocenters. The van der Waals surface area contributed by atoms with Crippen molar-refractivity contribution in [3.05, 3.63) is 92.6 Å². The number of quaternary nitrogens is 1. The first kappa shape index (κ1) is 21.6. The van der Waals surface area contributed by atoms with Crippen molar-refractivity contribution in [1.29, 1.82) is 0 Å². The van der Waals surface area contributed by atoms with Gasteiger partial charge in [0, 0.05) is 12.7 Å². The van der Waals surface area contributed by atoms with Crippen LogP contribution in [0, 0.1) is 0 Å². The van der Waals surface area contributed by atoms with E-state index < -0.39 is 11.2 Å². The van der Waals surface area contributed by atoms with Crippen molar-refractivity contribution in [2.75, 3.05) is 43.4 Å². The molecule has 2 heterocycles. The van der Waals surface area contributed by atoms with Crippen molar-refractivity contribution in [2.45, 2.75) is 6.54 Å². The van der Waals surface area contributed by atoms with Gasteiger partial charge in [-0.05, 0) is 17.7 Å². The molecule has 8 heteroatoms. The topological polar surface area (TPSA) is 94.8 Å². The number of nitrogens with two attached hydrogens (primary N) is 1. The highest BCUT2D eigenvalue weighted by Crippen LogP contribution is 2.13. The third kappa shape index (κ3) is 4.36. The van der Waals surface area contributed by atoms with Gasteiger partial charge >= 0.3 is 5.69 Å². The number of nitrogens with one attached hydrogen (secondary N) is 1. The van der Waals surface area contributed by atoms with Crippen LogP contribution in [0.2, 0.25) is 0 Å². The molecular weight excluding hydrogens is 406 g/mol. The molecule has 0 atom stereocenters. The number of Topliss-reactive ketones (excluding diaryl/α,β-unsaturated/α-hetero) is 1. The van der Waals surface area contributed by atoms with Gasteiger partial charge in [0.05, 0.1) is 32.7 Å². The molecule has 1 aliphatic rings. The number of rotatable bonds is 6. The van der Waals surface area contributed by atoms with Gasteiger partial charge in [-0.3, -0.25) is 18.7 Å². The van der Waals surface area contributed by atoms with E-state index in [9.17, 15) is 14.4 Å². The minimum absolute atomic E-state index is 0.0609. The predicted molar refractivity (Wildman–Crippen MR) is 124 cm³/mol. The summed E-state index contributed by atoms with van der Waals surface area (Å²) in [4.78, 5) is 42.0. The Morgan fingerprint density at radius 3 is 2.19 bits per heavy atom. The largest absolute Gasteiger partial charge is 0.384 e. The number of para-hydroxylation sites is 1. The smallest absolute Gasteiger partial charge is 0.332 e. The van der Waals surface area contributed by atoms with E-state index in [4.69, 9.17) is 5.73 Å². The van der Waals surface area contributed by atoms with Crippen molar-refractivity contribution in [3.63, 3.8) is 0 Å². The van der Waals surface area contributed by atoms with E-state index >= 15 is 0 Å². The predicted octanol–water partition coefficient (Wildman–Crippen LogP) is -0.235. The zero-order valence-electron chi connectivity index (χ0n) is 18.2. The molecule has 3 N–H and O–H groups in total. The Morgan fingerprint density at radius 1 is 0.969 bits per heavy atom. The number of carbonyl (C=O) groups excluding carboxylic acids is 1. The first-order chi connectivity index (χ1) is 15.5. The summed E-state index contributed by atoms with van der Waals surface area (Å²) in [6.07, 6.45) is 0. The minimum Gasteiger partial charge on any atom is -0.384 e. The van der Waals surface area contributed by atoms with E-state index in [1.165, 1.54) is 17.3 Å². The van der Waals surface area contributed by atoms with Gasteiger partial charge < -0.3 is 15.5 Å². The van der Waals surface area contributed by atoms with E-state index in [0.29, 0.717) is 0 Å². The molecule has 1 aliphatic heterocycles. The van der Waals surface area contributed by atoms with Crippen LogP contribution in [0.15, 0.2) is 70.3 Å². The monoisotopic (exact) mass is 434 g/mol. The number of ketones is 1. The van der Waals surface area contributed by atoms with Gasteiger partial charge in [0.25, 0.3) is 5.56 Å². The van der Waals surface area contributed by atoms with Crippen LogP contribution >= 0.6 is 0 Å². The summed E-state index contributed by atoms with van der Waals surface area (Å²) < 4.78 is 2.27. The van der Waals surface area contributed by atoms with Crippen LogP contribution in [0.1, 0.15) is 15.9 Å². The zero-order chi connectivity index (χ0) is 22.7. The van der Waals surface area contributed by atoms with Gasteiger partial charge in [0.2, 0.25) is 5.78 Å². The Morgan fingerprint density at radius 2 is 1.56 bits per heavy atom. The fourth-order valence-electron chi connectivity index (χ4n) is 4.18. The van der Waals surface area contributed by atoms with Crippen LogP contribution in [-0.4, -0.2) is 47.6 Å². The summed E-state index contributed by atoms with van der Waals surface area (Å²) in [5.74, 6) is -0.387. The number of nitrogens with zero attached hydrogens (tertiary/aromatic N) is 3. The van der Waals surface area contributed by atoms with E-state index in [1.807, 2.05) is 48.5 Å². The molecule has 0 aliphatic carbocycles. The molecule has 0 radical (unpaired) electrons. The quantitative estimate of drug-likeness (QED) is 0.523. The van der Waals surface area contributed by atoms with E-state index in [1.54, 1.807) is 0 Å². The van der Waals surface area contributed by atoms with Gasteiger partial charge in [0.1, 0.15) is 17.9 Å². The Hall–Kier alpha value is -3.65. The number of nitrogen functional groups attached to an aromatic ring is 1. The van der Waals surface area contributed by atoms with Crippen molar-refractivity contribution in [3.8, 4) is 0 Å². The van der Waals surface area contributed by atoms with Gasteiger partial charge in [-0.15, -0.1) is 0 Å². The Kier molecular flexibility index (Phi) is 6.23. The Bertz CT molecular complexity index is 1210.